The van der Waals surface area contributed by atoms with Crippen LogP contribution in [0, 0.1) is 18.2 Å². The van der Waals surface area contributed by atoms with E-state index in [1.165, 1.54) is 12.1 Å². The molecule has 0 amide bonds. The highest BCUT2D eigenvalue weighted by Gasteiger charge is 2.38. The minimum Gasteiger partial charge on any atom is -0.396 e. The fourth-order valence-corrected chi connectivity index (χ4v) is 3.31. The van der Waals surface area contributed by atoms with Crippen LogP contribution in [0.1, 0.15) is 31.9 Å². The van der Waals surface area contributed by atoms with Crippen LogP contribution in [-0.4, -0.2) is 22.7 Å². The second kappa shape index (κ2) is 5.26. The smallest absolute Gasteiger partial charge is 0.124 e. The summed E-state index contributed by atoms with van der Waals surface area (Å²) >= 11 is 0. The Labute approximate surface area is 124 Å². The van der Waals surface area contributed by atoms with Crippen LogP contribution in [-0.2, 0) is 0 Å². The van der Waals surface area contributed by atoms with Gasteiger partial charge in [0.2, 0.25) is 0 Å². The molecule has 3 rings (SSSR count). The number of aliphatic hydroxyl groups is 1. The van der Waals surface area contributed by atoms with Crippen molar-refractivity contribution in [1.82, 2.24) is 4.98 Å². The molecule has 1 fully saturated rings. The fraction of sp³-hybridized carbons (Fsp3) is 0.471. The third-order valence-corrected chi connectivity index (χ3v) is 4.67. The Bertz CT molecular complexity index is 673. The molecule has 2 aromatic rings. The molecule has 0 spiro atoms. The molecule has 1 aliphatic rings. The van der Waals surface area contributed by atoms with E-state index in [1.54, 1.807) is 6.07 Å². The third kappa shape index (κ3) is 2.60. The van der Waals surface area contributed by atoms with Gasteiger partial charge in [0.1, 0.15) is 5.82 Å². The van der Waals surface area contributed by atoms with Gasteiger partial charge in [-0.2, -0.15) is 0 Å². The van der Waals surface area contributed by atoms with Crippen LogP contribution in [0.2, 0.25) is 0 Å². The Morgan fingerprint density at radius 1 is 1.43 bits per heavy atom. The molecular weight excluding hydrogens is 267 g/mol. The summed E-state index contributed by atoms with van der Waals surface area (Å²) in [6.07, 6.45) is 3.14. The number of aliphatic hydroxyl groups excluding tert-OH is 1. The van der Waals surface area contributed by atoms with Crippen LogP contribution in [0.25, 0.3) is 10.9 Å². The van der Waals surface area contributed by atoms with E-state index in [1.807, 2.05) is 13.0 Å². The first-order chi connectivity index (χ1) is 10.0. The van der Waals surface area contributed by atoms with Gasteiger partial charge in [0.15, 0.2) is 0 Å². The van der Waals surface area contributed by atoms with Crippen LogP contribution in [0.4, 0.5) is 10.1 Å². The lowest BCUT2D eigenvalue weighted by Crippen LogP contribution is -2.36. The number of aryl methyl sites for hydroxylation is 1. The summed E-state index contributed by atoms with van der Waals surface area (Å²) in [6.45, 7) is 4.21. The largest absolute Gasteiger partial charge is 0.396 e. The number of hydrogen-bond acceptors (Lipinski definition) is 3. The number of pyridine rings is 1. The first kappa shape index (κ1) is 14.3. The predicted molar refractivity (Wildman–Crippen MR) is 82.9 cm³/mol. The van der Waals surface area contributed by atoms with Gasteiger partial charge >= 0.3 is 0 Å². The molecule has 3 nitrogen and oxygen atoms in total. The number of anilines is 1. The van der Waals surface area contributed by atoms with Crippen molar-refractivity contribution in [3.63, 3.8) is 0 Å². The third-order valence-electron chi connectivity index (χ3n) is 4.67. The number of aromatic nitrogens is 1. The Balaban J connectivity index is 2.02. The van der Waals surface area contributed by atoms with Crippen molar-refractivity contribution in [3.8, 4) is 0 Å². The van der Waals surface area contributed by atoms with E-state index in [9.17, 15) is 9.50 Å². The molecule has 1 aromatic carbocycles. The van der Waals surface area contributed by atoms with Crippen molar-refractivity contribution >= 4 is 16.6 Å². The van der Waals surface area contributed by atoms with Crippen LogP contribution in [0.5, 0.6) is 0 Å². The molecule has 0 aliphatic heterocycles. The maximum atomic E-state index is 13.6. The lowest BCUT2D eigenvalue weighted by Gasteiger charge is -2.31. The molecule has 2 unspecified atom stereocenters. The van der Waals surface area contributed by atoms with Gasteiger partial charge in [-0.15, -0.1) is 0 Å². The first-order valence-corrected chi connectivity index (χ1v) is 7.46. The second-order valence-corrected chi connectivity index (χ2v) is 6.37. The molecule has 1 saturated carbocycles. The Kier molecular flexibility index (Phi) is 3.57. The monoisotopic (exact) mass is 288 g/mol. The van der Waals surface area contributed by atoms with Crippen LogP contribution < -0.4 is 5.32 Å². The molecule has 112 valence electrons. The number of halogens is 1. The summed E-state index contributed by atoms with van der Waals surface area (Å²) in [7, 11) is 0. The van der Waals surface area contributed by atoms with E-state index < -0.39 is 0 Å². The first-order valence-electron chi connectivity index (χ1n) is 7.46. The zero-order valence-electron chi connectivity index (χ0n) is 12.5. The summed E-state index contributed by atoms with van der Waals surface area (Å²) < 4.78 is 13.6. The van der Waals surface area contributed by atoms with Gasteiger partial charge in [0.25, 0.3) is 0 Å². The Morgan fingerprint density at radius 2 is 2.24 bits per heavy atom. The number of benzene rings is 1. The molecule has 2 N–H and O–H groups in total. The summed E-state index contributed by atoms with van der Waals surface area (Å²) in [5.41, 5.74) is 2.49. The molecule has 0 bridgehead atoms. The maximum absolute atomic E-state index is 13.6. The molecule has 4 heteroatoms. The van der Waals surface area contributed by atoms with Crippen molar-refractivity contribution < 1.29 is 9.50 Å². The lowest BCUT2D eigenvalue weighted by atomic mass is 9.85. The fourth-order valence-electron chi connectivity index (χ4n) is 3.31. The quantitative estimate of drug-likeness (QED) is 0.906. The van der Waals surface area contributed by atoms with Crippen molar-refractivity contribution in [2.75, 3.05) is 11.9 Å². The SMILES string of the molecule is Cc1cc(NC2CCCC2(C)CO)c2cc(F)ccc2n1. The van der Waals surface area contributed by atoms with Crippen molar-refractivity contribution in [2.24, 2.45) is 5.41 Å². The van der Waals surface area contributed by atoms with E-state index >= 15 is 0 Å². The van der Waals surface area contributed by atoms with E-state index in [2.05, 4.69) is 17.2 Å². The van der Waals surface area contributed by atoms with Gasteiger partial charge in [0, 0.05) is 28.2 Å². The minimum atomic E-state index is -0.257. The van der Waals surface area contributed by atoms with Crippen molar-refractivity contribution in [1.29, 1.82) is 0 Å². The molecule has 1 aliphatic carbocycles. The van der Waals surface area contributed by atoms with Gasteiger partial charge < -0.3 is 10.4 Å². The highest BCUT2D eigenvalue weighted by Crippen LogP contribution is 2.40. The van der Waals surface area contributed by atoms with E-state index in [4.69, 9.17) is 0 Å². The Morgan fingerprint density at radius 3 is 3.00 bits per heavy atom. The van der Waals surface area contributed by atoms with Gasteiger partial charge in [-0.05, 0) is 44.0 Å². The molecule has 0 saturated heterocycles. The summed E-state index contributed by atoms with van der Waals surface area (Å²) in [4.78, 5) is 4.45. The van der Waals surface area contributed by atoms with Crippen LogP contribution >= 0.6 is 0 Å². The van der Waals surface area contributed by atoms with Crippen molar-refractivity contribution in [2.45, 2.75) is 39.2 Å². The zero-order chi connectivity index (χ0) is 15.0. The normalized spacial score (nSPS) is 25.4. The molecule has 0 radical (unpaired) electrons. The second-order valence-electron chi connectivity index (χ2n) is 6.37. The maximum Gasteiger partial charge on any atom is 0.124 e. The molecular formula is C17H21FN2O. The van der Waals surface area contributed by atoms with Crippen molar-refractivity contribution in [3.05, 3.63) is 35.8 Å². The number of fused-ring (bicyclic) bond motifs is 1. The minimum absolute atomic E-state index is 0.114. The van der Waals surface area contributed by atoms with Gasteiger partial charge in [0.05, 0.1) is 12.1 Å². The summed E-state index contributed by atoms with van der Waals surface area (Å²) in [5, 5.41) is 14.0. The number of hydrogen-bond donors (Lipinski definition) is 2. The number of rotatable bonds is 3. The lowest BCUT2D eigenvalue weighted by molar-refractivity contribution is 0.139. The predicted octanol–water partition coefficient (Wildman–Crippen LogP) is 3.65. The average molecular weight is 288 g/mol. The van der Waals surface area contributed by atoms with Crippen LogP contribution in [0.3, 0.4) is 0 Å². The topological polar surface area (TPSA) is 45.1 Å². The highest BCUT2D eigenvalue weighted by atomic mass is 19.1. The van der Waals surface area contributed by atoms with E-state index in [0.717, 1.165) is 41.5 Å². The summed E-state index contributed by atoms with van der Waals surface area (Å²) in [6, 6.07) is 6.83. The number of nitrogens with one attached hydrogen (secondary N) is 1. The standard InChI is InChI=1S/C17H21FN2O/c1-11-8-15(13-9-12(18)5-6-14(13)19-11)20-16-4-3-7-17(16,2)10-21/h5-6,8-9,16,21H,3-4,7,10H2,1-2H3,(H,19,20). The van der Waals surface area contributed by atoms with Gasteiger partial charge in [-0.25, -0.2) is 4.39 Å². The number of nitrogens with zero attached hydrogens (tertiary/aromatic N) is 1. The molecule has 1 heterocycles. The highest BCUT2D eigenvalue weighted by molar-refractivity contribution is 5.91. The van der Waals surface area contributed by atoms with Crippen LogP contribution in [0.15, 0.2) is 24.3 Å². The Hall–Kier alpha value is -1.68. The van der Waals surface area contributed by atoms with Gasteiger partial charge in [-0.3, -0.25) is 4.98 Å². The molecule has 1 aromatic heterocycles. The van der Waals surface area contributed by atoms with E-state index in [-0.39, 0.29) is 23.9 Å². The van der Waals surface area contributed by atoms with E-state index in [0.29, 0.717) is 0 Å². The zero-order valence-corrected chi connectivity index (χ0v) is 12.5. The molecule has 2 atom stereocenters. The molecule has 21 heavy (non-hydrogen) atoms. The van der Waals surface area contributed by atoms with Gasteiger partial charge in [-0.1, -0.05) is 13.3 Å². The summed E-state index contributed by atoms with van der Waals surface area (Å²) in [5.74, 6) is -0.257. The average Bonchev–Trinajstić information content (AvgIpc) is 2.82.